The number of hydrogen-bond acceptors (Lipinski definition) is 1. The summed E-state index contributed by atoms with van der Waals surface area (Å²) >= 11 is 0. The van der Waals surface area contributed by atoms with E-state index in [-0.39, 0.29) is 5.41 Å². The van der Waals surface area contributed by atoms with Crippen molar-refractivity contribution in [1.29, 1.82) is 0 Å². The fraction of sp³-hybridized carbons (Fsp3) is 0.412. The summed E-state index contributed by atoms with van der Waals surface area (Å²) in [5.74, 6) is -1.55. The van der Waals surface area contributed by atoms with Crippen molar-refractivity contribution in [2.75, 3.05) is 0 Å². The highest BCUT2D eigenvalue weighted by Crippen LogP contribution is 2.49. The van der Waals surface area contributed by atoms with E-state index in [0.717, 1.165) is 42.2 Å². The number of benzene rings is 1. The van der Waals surface area contributed by atoms with Crippen LogP contribution in [0.2, 0.25) is 0 Å². The van der Waals surface area contributed by atoms with E-state index in [9.17, 15) is 8.78 Å². The molecule has 20 heavy (non-hydrogen) atoms. The first-order chi connectivity index (χ1) is 9.37. The van der Waals surface area contributed by atoms with Crippen LogP contribution < -0.4 is 5.73 Å². The topological polar surface area (TPSA) is 26.0 Å². The lowest BCUT2D eigenvalue weighted by molar-refractivity contribution is 0.178. The Labute approximate surface area is 119 Å². The van der Waals surface area contributed by atoms with Crippen LogP contribution in [0.3, 0.4) is 0 Å². The van der Waals surface area contributed by atoms with E-state index in [4.69, 9.17) is 5.73 Å². The van der Waals surface area contributed by atoms with Crippen LogP contribution in [0.4, 0.5) is 8.78 Å². The molecule has 1 nitrogen and oxygen atoms in total. The predicted octanol–water partition coefficient (Wildman–Crippen LogP) is 4.49. The number of allylic oxidation sites excluding steroid dienone is 3. The molecule has 0 aliphatic heterocycles. The first kappa shape index (κ1) is 14.8. The van der Waals surface area contributed by atoms with Gasteiger partial charge in [0.15, 0.2) is 11.6 Å². The summed E-state index contributed by atoms with van der Waals surface area (Å²) in [6, 6.07) is 4.33. The third kappa shape index (κ3) is 2.49. The normalized spacial score (nSPS) is 18.2. The molecule has 1 fully saturated rings. The Balaban J connectivity index is 2.36. The molecule has 108 valence electrons. The zero-order valence-electron chi connectivity index (χ0n) is 12.1. The highest BCUT2D eigenvalue weighted by atomic mass is 19.2. The second-order valence-corrected chi connectivity index (χ2v) is 5.84. The van der Waals surface area contributed by atoms with Crippen LogP contribution >= 0.6 is 0 Å². The standard InChI is InChI=1S/C17H21F2N/c1-11(2)12(3)16(20)17(8-5-9-17)10-13-6-4-7-14(18)15(13)19/h4,6-7H,1,5,8-10,20H2,2-3H3/b16-12-. The van der Waals surface area contributed by atoms with Crippen molar-refractivity contribution in [3.05, 3.63) is 58.8 Å². The predicted molar refractivity (Wildman–Crippen MR) is 78.0 cm³/mol. The van der Waals surface area contributed by atoms with E-state index in [1.165, 1.54) is 0 Å². The monoisotopic (exact) mass is 277 g/mol. The quantitative estimate of drug-likeness (QED) is 0.806. The number of halogens is 2. The molecular formula is C17H21F2N. The molecule has 0 saturated heterocycles. The average Bonchev–Trinajstić information content (AvgIpc) is 2.36. The minimum Gasteiger partial charge on any atom is -0.401 e. The van der Waals surface area contributed by atoms with Gasteiger partial charge < -0.3 is 5.73 Å². The van der Waals surface area contributed by atoms with Crippen LogP contribution in [0.25, 0.3) is 0 Å². The van der Waals surface area contributed by atoms with E-state index < -0.39 is 11.6 Å². The van der Waals surface area contributed by atoms with E-state index in [0.29, 0.717) is 12.0 Å². The van der Waals surface area contributed by atoms with E-state index >= 15 is 0 Å². The second-order valence-electron chi connectivity index (χ2n) is 5.84. The van der Waals surface area contributed by atoms with Crippen molar-refractivity contribution in [2.45, 2.75) is 39.5 Å². The van der Waals surface area contributed by atoms with Crippen LogP contribution in [0.1, 0.15) is 38.7 Å². The summed E-state index contributed by atoms with van der Waals surface area (Å²) in [5, 5.41) is 0. The summed E-state index contributed by atoms with van der Waals surface area (Å²) in [4.78, 5) is 0. The molecule has 0 unspecified atom stereocenters. The molecule has 0 amide bonds. The lowest BCUT2D eigenvalue weighted by Crippen LogP contribution is -2.38. The minimum absolute atomic E-state index is 0.238. The molecule has 0 bridgehead atoms. The van der Waals surface area contributed by atoms with Gasteiger partial charge in [0, 0.05) is 11.1 Å². The molecule has 0 atom stereocenters. The Morgan fingerprint density at radius 2 is 1.95 bits per heavy atom. The Bertz CT molecular complexity index is 568. The molecule has 0 aromatic heterocycles. The van der Waals surface area contributed by atoms with Gasteiger partial charge >= 0.3 is 0 Å². The summed E-state index contributed by atoms with van der Waals surface area (Å²) in [5.41, 5.74) is 9.14. The Kier molecular flexibility index (Phi) is 3.98. The number of nitrogens with two attached hydrogens (primary N) is 1. The van der Waals surface area contributed by atoms with Gasteiger partial charge in [-0.3, -0.25) is 0 Å². The summed E-state index contributed by atoms with van der Waals surface area (Å²) in [7, 11) is 0. The molecule has 0 heterocycles. The summed E-state index contributed by atoms with van der Waals surface area (Å²) in [6.07, 6.45) is 3.35. The van der Waals surface area contributed by atoms with Gasteiger partial charge in [-0.1, -0.05) is 30.7 Å². The largest absolute Gasteiger partial charge is 0.401 e. The Morgan fingerprint density at radius 3 is 2.45 bits per heavy atom. The summed E-state index contributed by atoms with van der Waals surface area (Å²) < 4.78 is 27.2. The van der Waals surface area contributed by atoms with Gasteiger partial charge in [-0.05, 0) is 50.3 Å². The molecule has 1 aromatic carbocycles. The van der Waals surface area contributed by atoms with E-state index in [1.54, 1.807) is 12.1 Å². The van der Waals surface area contributed by atoms with E-state index in [2.05, 4.69) is 6.58 Å². The van der Waals surface area contributed by atoms with E-state index in [1.807, 2.05) is 13.8 Å². The van der Waals surface area contributed by atoms with Crippen molar-refractivity contribution in [3.63, 3.8) is 0 Å². The van der Waals surface area contributed by atoms with Gasteiger partial charge in [0.25, 0.3) is 0 Å². The van der Waals surface area contributed by atoms with Crippen LogP contribution in [0.5, 0.6) is 0 Å². The zero-order chi connectivity index (χ0) is 14.9. The van der Waals surface area contributed by atoms with Gasteiger partial charge in [0.05, 0.1) is 0 Å². The van der Waals surface area contributed by atoms with Gasteiger partial charge in [0.1, 0.15) is 0 Å². The van der Waals surface area contributed by atoms with Crippen molar-refractivity contribution in [3.8, 4) is 0 Å². The minimum atomic E-state index is -0.795. The van der Waals surface area contributed by atoms with Crippen LogP contribution in [0.15, 0.2) is 41.6 Å². The first-order valence-electron chi connectivity index (χ1n) is 6.93. The molecule has 0 radical (unpaired) electrons. The Morgan fingerprint density at radius 1 is 1.30 bits per heavy atom. The zero-order valence-corrected chi connectivity index (χ0v) is 12.1. The smallest absolute Gasteiger partial charge is 0.162 e. The third-order valence-electron chi connectivity index (χ3n) is 4.49. The lowest BCUT2D eigenvalue weighted by atomic mass is 9.62. The maximum Gasteiger partial charge on any atom is 0.162 e. The van der Waals surface area contributed by atoms with Crippen LogP contribution in [-0.4, -0.2) is 0 Å². The maximum absolute atomic E-state index is 13.9. The fourth-order valence-electron chi connectivity index (χ4n) is 2.82. The van der Waals surface area contributed by atoms with Crippen molar-refractivity contribution in [1.82, 2.24) is 0 Å². The molecule has 0 spiro atoms. The molecule has 1 aromatic rings. The van der Waals surface area contributed by atoms with Crippen molar-refractivity contribution in [2.24, 2.45) is 11.1 Å². The van der Waals surface area contributed by atoms with Crippen LogP contribution in [-0.2, 0) is 6.42 Å². The maximum atomic E-state index is 13.9. The molecule has 1 saturated carbocycles. The Hall–Kier alpha value is -1.64. The molecule has 2 rings (SSSR count). The van der Waals surface area contributed by atoms with Gasteiger partial charge in [0.2, 0.25) is 0 Å². The molecule has 1 aliphatic carbocycles. The highest BCUT2D eigenvalue weighted by molar-refractivity contribution is 5.35. The van der Waals surface area contributed by atoms with Gasteiger partial charge in [-0.25, -0.2) is 8.78 Å². The van der Waals surface area contributed by atoms with Gasteiger partial charge in [-0.2, -0.15) is 0 Å². The highest BCUT2D eigenvalue weighted by Gasteiger charge is 2.41. The lowest BCUT2D eigenvalue weighted by Gasteiger charge is -2.43. The number of hydrogen-bond donors (Lipinski definition) is 1. The SMILES string of the molecule is C=C(C)/C(C)=C(\N)C1(Cc2cccc(F)c2F)CCC1. The van der Waals surface area contributed by atoms with Gasteiger partial charge in [-0.15, -0.1) is 0 Å². The van der Waals surface area contributed by atoms with Crippen molar-refractivity contribution >= 4 is 0 Å². The number of rotatable bonds is 4. The van der Waals surface area contributed by atoms with Crippen molar-refractivity contribution < 1.29 is 8.78 Å². The first-order valence-corrected chi connectivity index (χ1v) is 6.93. The van der Waals surface area contributed by atoms with Crippen LogP contribution in [0, 0.1) is 17.0 Å². The fourth-order valence-corrected chi connectivity index (χ4v) is 2.82. The molecule has 1 aliphatic rings. The molecule has 3 heteroatoms. The summed E-state index contributed by atoms with van der Waals surface area (Å²) in [6.45, 7) is 7.77. The molecule has 2 N–H and O–H groups in total. The third-order valence-corrected chi connectivity index (χ3v) is 4.49. The average molecular weight is 277 g/mol. The molecular weight excluding hydrogens is 256 g/mol. The second kappa shape index (κ2) is 5.39.